The normalized spacial score (nSPS) is 24.8. The first-order valence-electron chi connectivity index (χ1n) is 5.97. The molecule has 1 aliphatic rings. The molecule has 1 fully saturated rings. The van der Waals surface area contributed by atoms with Gasteiger partial charge in [-0.3, -0.25) is 14.3 Å². The van der Waals surface area contributed by atoms with Crippen LogP contribution in [0.3, 0.4) is 0 Å². The first-order valence-corrected chi connectivity index (χ1v) is 5.97. The summed E-state index contributed by atoms with van der Waals surface area (Å²) in [5.41, 5.74) is 3.58. The summed E-state index contributed by atoms with van der Waals surface area (Å²) in [6, 6.07) is 0. The Bertz CT molecular complexity index is 465. The van der Waals surface area contributed by atoms with E-state index in [1.54, 1.807) is 4.90 Å². The highest BCUT2D eigenvalue weighted by Gasteiger charge is 2.38. The topological polar surface area (TPSA) is 84.4 Å². The summed E-state index contributed by atoms with van der Waals surface area (Å²) in [7, 11) is 0. The summed E-state index contributed by atoms with van der Waals surface area (Å²) in [6.07, 6.45) is 3.37. The second kappa shape index (κ2) is 5.22. The van der Waals surface area contributed by atoms with Crippen LogP contribution in [-0.4, -0.2) is 44.2 Å². The standard InChI is InChI=1S/C11H16F2N4O2/c12-10(13)17-5-3-15-8(17)6-16-4-1-2-11(19,7-16)9(14)18/h3,5,10,19H,1-2,4,6-7H2,(H2,14,18). The predicted molar refractivity (Wildman–Crippen MR) is 62.1 cm³/mol. The highest BCUT2D eigenvalue weighted by Crippen LogP contribution is 2.23. The Labute approximate surface area is 108 Å². The van der Waals surface area contributed by atoms with Gasteiger partial charge in [0.1, 0.15) is 5.82 Å². The van der Waals surface area contributed by atoms with Crippen LogP contribution < -0.4 is 5.73 Å². The number of nitrogens with zero attached hydrogens (tertiary/aromatic N) is 3. The molecule has 6 nitrogen and oxygen atoms in total. The number of primary amides is 1. The maximum atomic E-state index is 12.7. The minimum atomic E-state index is -2.66. The number of alkyl halides is 2. The molecule has 0 radical (unpaired) electrons. The fraction of sp³-hybridized carbons (Fsp3) is 0.636. The van der Waals surface area contributed by atoms with Crippen molar-refractivity contribution in [2.24, 2.45) is 5.73 Å². The molecule has 0 aliphatic carbocycles. The van der Waals surface area contributed by atoms with Gasteiger partial charge in [-0.05, 0) is 19.4 Å². The number of carbonyl (C=O) groups excluding carboxylic acids is 1. The summed E-state index contributed by atoms with van der Waals surface area (Å²) in [5.74, 6) is -0.585. The maximum Gasteiger partial charge on any atom is 0.319 e. The minimum absolute atomic E-state index is 0.0401. The number of hydrogen-bond acceptors (Lipinski definition) is 4. The number of nitrogens with two attached hydrogens (primary N) is 1. The number of rotatable bonds is 4. The number of likely N-dealkylation sites (tertiary alicyclic amines) is 1. The lowest BCUT2D eigenvalue weighted by Crippen LogP contribution is -2.55. The number of carbonyl (C=O) groups is 1. The lowest BCUT2D eigenvalue weighted by molar-refractivity contribution is -0.142. The van der Waals surface area contributed by atoms with E-state index in [0.717, 1.165) is 4.57 Å². The van der Waals surface area contributed by atoms with Gasteiger partial charge < -0.3 is 10.8 Å². The van der Waals surface area contributed by atoms with Gasteiger partial charge in [-0.1, -0.05) is 0 Å². The van der Waals surface area contributed by atoms with Crippen molar-refractivity contribution in [2.75, 3.05) is 13.1 Å². The molecule has 8 heteroatoms. The maximum absolute atomic E-state index is 12.7. The van der Waals surface area contributed by atoms with Crippen LogP contribution >= 0.6 is 0 Å². The van der Waals surface area contributed by atoms with Crippen molar-refractivity contribution in [3.8, 4) is 0 Å². The van der Waals surface area contributed by atoms with Gasteiger partial charge in [0.2, 0.25) is 0 Å². The van der Waals surface area contributed by atoms with E-state index >= 15 is 0 Å². The molecule has 2 rings (SSSR count). The van der Waals surface area contributed by atoms with Crippen molar-refractivity contribution < 1.29 is 18.7 Å². The molecule has 0 aromatic carbocycles. The molecule has 19 heavy (non-hydrogen) atoms. The Morgan fingerprint density at radius 2 is 2.37 bits per heavy atom. The van der Waals surface area contributed by atoms with Gasteiger partial charge in [0.15, 0.2) is 5.60 Å². The van der Waals surface area contributed by atoms with E-state index in [1.165, 1.54) is 12.4 Å². The van der Waals surface area contributed by atoms with Crippen LogP contribution in [0.4, 0.5) is 8.78 Å². The SMILES string of the molecule is NC(=O)C1(O)CCCN(Cc2nccn2C(F)F)C1. The van der Waals surface area contributed by atoms with E-state index in [0.29, 0.717) is 19.4 Å². The Balaban J connectivity index is 2.07. The van der Waals surface area contributed by atoms with E-state index in [2.05, 4.69) is 4.98 Å². The zero-order valence-corrected chi connectivity index (χ0v) is 10.3. The number of hydrogen-bond donors (Lipinski definition) is 2. The monoisotopic (exact) mass is 274 g/mol. The lowest BCUT2D eigenvalue weighted by Gasteiger charge is -2.36. The third kappa shape index (κ3) is 2.90. The van der Waals surface area contributed by atoms with Crippen molar-refractivity contribution >= 4 is 5.91 Å². The number of aliphatic hydroxyl groups is 1. The molecule has 0 bridgehead atoms. The molecule has 3 N–H and O–H groups in total. The average Bonchev–Trinajstić information content (AvgIpc) is 2.77. The smallest absolute Gasteiger partial charge is 0.319 e. The van der Waals surface area contributed by atoms with Crippen LogP contribution in [0.5, 0.6) is 0 Å². The van der Waals surface area contributed by atoms with Crippen molar-refractivity contribution in [2.45, 2.75) is 31.5 Å². The molecule has 1 unspecified atom stereocenters. The fourth-order valence-corrected chi connectivity index (χ4v) is 2.30. The van der Waals surface area contributed by atoms with Gasteiger partial charge in [0, 0.05) is 18.9 Å². The van der Waals surface area contributed by atoms with Gasteiger partial charge >= 0.3 is 6.55 Å². The minimum Gasteiger partial charge on any atom is -0.379 e. The first-order chi connectivity index (χ1) is 8.92. The molecule has 0 saturated carbocycles. The van der Waals surface area contributed by atoms with Gasteiger partial charge in [0.25, 0.3) is 5.91 Å². The van der Waals surface area contributed by atoms with Crippen LogP contribution in [0.15, 0.2) is 12.4 Å². The van der Waals surface area contributed by atoms with E-state index in [-0.39, 0.29) is 18.9 Å². The number of β-amino-alcohol motifs (C(OH)–C–C–N with tert-alkyl or cyclic N) is 1. The van der Waals surface area contributed by atoms with Gasteiger partial charge in [-0.15, -0.1) is 0 Å². The average molecular weight is 274 g/mol. The molecule has 2 heterocycles. The number of amides is 1. The van der Waals surface area contributed by atoms with Gasteiger partial charge in [-0.25, -0.2) is 4.98 Å². The Morgan fingerprint density at radius 1 is 1.63 bits per heavy atom. The number of aromatic nitrogens is 2. The Morgan fingerprint density at radius 3 is 3.00 bits per heavy atom. The molecular weight excluding hydrogens is 258 g/mol. The molecule has 1 amide bonds. The second-order valence-electron chi connectivity index (χ2n) is 4.74. The van der Waals surface area contributed by atoms with Crippen molar-refractivity contribution in [3.05, 3.63) is 18.2 Å². The number of halogens is 2. The van der Waals surface area contributed by atoms with Crippen molar-refractivity contribution in [3.63, 3.8) is 0 Å². The summed E-state index contributed by atoms with van der Waals surface area (Å²) in [4.78, 5) is 16.8. The Hall–Kier alpha value is -1.54. The van der Waals surface area contributed by atoms with Gasteiger partial charge in [-0.2, -0.15) is 8.78 Å². The number of piperidine rings is 1. The number of imidazole rings is 1. The molecule has 1 aromatic rings. The molecule has 1 aromatic heterocycles. The summed E-state index contributed by atoms with van der Waals surface area (Å²) in [6.45, 7) is -1.87. The van der Waals surface area contributed by atoms with Crippen molar-refractivity contribution in [1.29, 1.82) is 0 Å². The largest absolute Gasteiger partial charge is 0.379 e. The first kappa shape index (κ1) is 13.9. The summed E-state index contributed by atoms with van der Waals surface area (Å²) < 4.78 is 26.1. The molecule has 1 saturated heterocycles. The van der Waals surface area contributed by atoms with Crippen LogP contribution in [0.1, 0.15) is 25.2 Å². The Kier molecular flexibility index (Phi) is 3.81. The van der Waals surface area contributed by atoms with Crippen LogP contribution in [0.25, 0.3) is 0 Å². The van der Waals surface area contributed by atoms with E-state index in [9.17, 15) is 18.7 Å². The van der Waals surface area contributed by atoms with Crippen LogP contribution in [-0.2, 0) is 11.3 Å². The third-order valence-electron chi connectivity index (χ3n) is 3.33. The van der Waals surface area contributed by atoms with E-state index in [1.807, 2.05) is 0 Å². The zero-order valence-electron chi connectivity index (χ0n) is 10.3. The van der Waals surface area contributed by atoms with Gasteiger partial charge in [0.05, 0.1) is 6.54 Å². The molecule has 106 valence electrons. The summed E-state index contributed by atoms with van der Waals surface area (Å²) in [5, 5.41) is 10.0. The van der Waals surface area contributed by atoms with Crippen LogP contribution in [0, 0.1) is 0 Å². The zero-order chi connectivity index (χ0) is 14.0. The lowest BCUT2D eigenvalue weighted by atomic mass is 9.92. The molecular formula is C11H16F2N4O2. The van der Waals surface area contributed by atoms with E-state index < -0.39 is 18.1 Å². The van der Waals surface area contributed by atoms with Crippen LogP contribution in [0.2, 0.25) is 0 Å². The third-order valence-corrected chi connectivity index (χ3v) is 3.33. The molecule has 1 atom stereocenters. The van der Waals surface area contributed by atoms with Crippen molar-refractivity contribution in [1.82, 2.24) is 14.5 Å². The molecule has 0 spiro atoms. The second-order valence-corrected chi connectivity index (χ2v) is 4.74. The fourth-order valence-electron chi connectivity index (χ4n) is 2.30. The highest BCUT2D eigenvalue weighted by molar-refractivity contribution is 5.83. The predicted octanol–water partition coefficient (Wildman–Crippen LogP) is 0.0904. The highest BCUT2D eigenvalue weighted by atomic mass is 19.3. The van der Waals surface area contributed by atoms with E-state index in [4.69, 9.17) is 5.73 Å². The molecule has 1 aliphatic heterocycles. The quantitative estimate of drug-likeness (QED) is 0.815. The summed E-state index contributed by atoms with van der Waals surface area (Å²) >= 11 is 0.